The van der Waals surface area contributed by atoms with Gasteiger partial charge in [-0.05, 0) is 88.5 Å². The van der Waals surface area contributed by atoms with Crippen molar-refractivity contribution in [3.8, 4) is 22.5 Å². The van der Waals surface area contributed by atoms with Crippen LogP contribution in [0, 0.1) is 0 Å². The SMILES string of the molecule is C.CN(CCCC(=O)O)C(=O)c1cc2ccccc2cc1-c1c2ccc(=NCc3ccc(S(=O)(=O)O)cc3)c(S(=O)(=O)O)c-2oc2c(S(=O)(=O)O)c(NCc3ccccc3S(=O)(=O)O)ccc12.CS(=O)(=O)O.O=S(=O)=O.O=S(=O)=O.O=S(=O)=O. The summed E-state index contributed by atoms with van der Waals surface area (Å²) in [7, 11) is -31.7. The third-order valence-electron chi connectivity index (χ3n) is 10.5. The normalized spacial score (nSPS) is 11.6. The first-order valence-corrected chi connectivity index (χ1v) is 32.3. The number of anilines is 1. The molecule has 0 radical (unpaired) electrons. The van der Waals surface area contributed by atoms with E-state index < -0.39 is 143 Å². The highest BCUT2D eigenvalue weighted by atomic mass is 32.2. The standard InChI is InChI=1S/C43H37N3O16S4.CH4O3S.CH4.3O3S/c1-46(20-6-11-37(47)48)43(49)33-22-27-8-3-2-7-26(27)21-32(33)38-30-16-18-34(44-23-25-12-14-29(15-13-25)63(50,51)52)41(65(56,57)58)39(30)62-40-31(38)17-19-35(42(40)66(59,60)61)45-24-28-9-4-5-10-36(28)64(53,54)55;1-5(2,3)4;;3*1-4(2)3/h2-5,7-10,12-19,21-22,45H,6,11,20,23-24H2,1H3,(H,47,48)(H,50,51,52)(H,53,54,55)(H,56,57,58)(H,59,60,61);1H3,(H,2,3,4);1H4;;;. The van der Waals surface area contributed by atoms with Gasteiger partial charge in [0.15, 0.2) is 21.1 Å². The minimum Gasteiger partial charge on any atom is -0.481 e. The predicted molar refractivity (Wildman–Crippen MR) is 292 cm³/mol. The Balaban J connectivity index is 0.00000118. The number of hydrogen-bond acceptors (Lipinski definition) is 24. The number of nitrogens with one attached hydrogen (secondary N) is 1. The molecule has 1 heterocycles. The minimum atomic E-state index is -5.42. The first-order valence-electron chi connectivity index (χ1n) is 21.7. The molecule has 1 amide bonds. The van der Waals surface area contributed by atoms with E-state index in [2.05, 4.69) is 10.3 Å². The smallest absolute Gasteiger partial charge is 0.425 e. The van der Waals surface area contributed by atoms with Gasteiger partial charge in [-0.25, -0.2) is 0 Å². The largest absolute Gasteiger partial charge is 0.481 e. The molecule has 456 valence electrons. The van der Waals surface area contributed by atoms with Crippen molar-refractivity contribution in [1.29, 1.82) is 0 Å². The number of carboxylic acid groups (broad SMARTS) is 1. The van der Waals surface area contributed by atoms with Crippen LogP contribution < -0.4 is 10.7 Å². The number of carboxylic acids is 1. The molecule has 0 unspecified atom stereocenters. The summed E-state index contributed by atoms with van der Waals surface area (Å²) in [4.78, 5) is 28.4. The van der Waals surface area contributed by atoms with E-state index in [0.717, 1.165) is 18.2 Å². The van der Waals surface area contributed by atoms with Gasteiger partial charge >= 0.3 is 37.8 Å². The van der Waals surface area contributed by atoms with Crippen molar-refractivity contribution in [2.24, 2.45) is 4.99 Å². The lowest BCUT2D eigenvalue weighted by atomic mass is 9.88. The molecular formula is C45H45N3O28S8. The predicted octanol–water partition coefficient (Wildman–Crippen LogP) is 3.12. The number of benzene rings is 6. The maximum Gasteiger partial charge on any atom is 0.425 e. The number of carbonyl (C=O) groups is 2. The molecule has 7 rings (SSSR count). The van der Waals surface area contributed by atoms with Crippen LogP contribution in [-0.4, -0.2) is 144 Å². The minimum absolute atomic E-state index is 0. The van der Waals surface area contributed by atoms with E-state index >= 15 is 0 Å². The van der Waals surface area contributed by atoms with Crippen molar-refractivity contribution in [2.45, 2.75) is 52.9 Å². The van der Waals surface area contributed by atoms with Gasteiger partial charge in [0.1, 0.15) is 0 Å². The van der Waals surface area contributed by atoms with Crippen molar-refractivity contribution >= 4 is 122 Å². The Labute approximate surface area is 482 Å². The monoisotopic (exact) mass is 1330 g/mol. The fourth-order valence-corrected chi connectivity index (χ4v) is 10.2. The van der Waals surface area contributed by atoms with E-state index in [1.165, 1.54) is 72.6 Å². The molecule has 1 aliphatic carbocycles. The quantitative estimate of drug-likeness (QED) is 0.0572. The molecule has 2 aliphatic rings. The Hall–Kier alpha value is -7.80. The lowest BCUT2D eigenvalue weighted by molar-refractivity contribution is -0.137. The van der Waals surface area contributed by atoms with Crippen LogP contribution in [-0.2, 0) is 100 Å². The van der Waals surface area contributed by atoms with E-state index in [4.69, 9.17) is 46.8 Å². The zero-order chi connectivity index (χ0) is 63.2. The zero-order valence-corrected chi connectivity index (χ0v) is 48.3. The maximum absolute atomic E-state index is 14.5. The van der Waals surface area contributed by atoms with E-state index in [-0.39, 0.29) is 66.6 Å². The van der Waals surface area contributed by atoms with Gasteiger partial charge in [0, 0.05) is 48.6 Å². The number of hydrogen-bond donors (Lipinski definition) is 7. The molecule has 31 nitrogen and oxygen atoms in total. The molecule has 0 saturated heterocycles. The van der Waals surface area contributed by atoms with Crippen molar-refractivity contribution in [1.82, 2.24) is 4.90 Å². The summed E-state index contributed by atoms with van der Waals surface area (Å²) < 4.78 is 251. The Morgan fingerprint density at radius 3 is 1.61 bits per heavy atom. The number of amides is 1. The van der Waals surface area contributed by atoms with Crippen molar-refractivity contribution in [3.05, 3.63) is 131 Å². The summed E-state index contributed by atoms with van der Waals surface area (Å²) in [5.74, 6) is -2.42. The lowest BCUT2D eigenvalue weighted by Crippen LogP contribution is -2.28. The van der Waals surface area contributed by atoms with E-state index in [1.54, 1.807) is 30.3 Å². The molecule has 0 fully saturated rings. The van der Waals surface area contributed by atoms with Crippen LogP contribution >= 0.6 is 0 Å². The first-order chi connectivity index (χ1) is 38.1. The Morgan fingerprint density at radius 1 is 0.619 bits per heavy atom. The number of aliphatic carboxylic acids is 1. The van der Waals surface area contributed by atoms with Gasteiger partial charge in [-0.2, -0.15) is 42.1 Å². The molecule has 39 heteroatoms. The first kappa shape index (κ1) is 72.3. The highest BCUT2D eigenvalue weighted by Gasteiger charge is 2.33. The van der Waals surface area contributed by atoms with Crippen LogP contribution in [0.5, 0.6) is 0 Å². The molecule has 7 N–H and O–H groups in total. The van der Waals surface area contributed by atoms with Gasteiger partial charge in [0.2, 0.25) is 0 Å². The number of rotatable bonds is 15. The second kappa shape index (κ2) is 30.1. The van der Waals surface area contributed by atoms with Crippen LogP contribution in [0.3, 0.4) is 0 Å². The summed E-state index contributed by atoms with van der Waals surface area (Å²) in [5.41, 5.74) is -0.935. The topological polar surface area (TPSA) is 521 Å². The summed E-state index contributed by atoms with van der Waals surface area (Å²) >= 11 is 0. The number of carbonyl (C=O) groups excluding carboxylic acids is 1. The summed E-state index contributed by atoms with van der Waals surface area (Å²) in [6.45, 7) is -0.818. The summed E-state index contributed by atoms with van der Waals surface area (Å²) in [5, 5.41) is 12.5. The second-order valence-corrected chi connectivity index (χ2v) is 24.4. The van der Waals surface area contributed by atoms with E-state index in [1.807, 2.05) is 0 Å². The van der Waals surface area contributed by atoms with Gasteiger partial charge in [0.25, 0.3) is 56.5 Å². The average molecular weight is 1330 g/mol. The second-order valence-electron chi connectivity index (χ2n) is 16.2. The van der Waals surface area contributed by atoms with Crippen LogP contribution in [0.15, 0.2) is 138 Å². The van der Waals surface area contributed by atoms with Gasteiger partial charge < -0.3 is 19.7 Å². The Morgan fingerprint density at radius 2 is 1.12 bits per heavy atom. The summed E-state index contributed by atoms with van der Waals surface area (Å²) in [6, 6.07) is 25.0. The maximum atomic E-state index is 14.5. The highest BCUT2D eigenvalue weighted by Crippen LogP contribution is 2.47. The van der Waals surface area contributed by atoms with E-state index in [9.17, 15) is 75.0 Å². The van der Waals surface area contributed by atoms with Crippen LogP contribution in [0.1, 0.15) is 41.8 Å². The molecule has 0 saturated carbocycles. The zero-order valence-electron chi connectivity index (χ0n) is 41.8. The molecule has 0 aromatic heterocycles. The third-order valence-corrected chi connectivity index (χ3v) is 14.1. The molecule has 1 aliphatic heterocycles. The van der Waals surface area contributed by atoms with Crippen molar-refractivity contribution in [3.63, 3.8) is 0 Å². The van der Waals surface area contributed by atoms with Crippen LogP contribution in [0.4, 0.5) is 5.69 Å². The van der Waals surface area contributed by atoms with Crippen LogP contribution in [0.2, 0.25) is 0 Å². The van der Waals surface area contributed by atoms with Gasteiger partial charge in [-0.15, -0.1) is 37.9 Å². The van der Waals surface area contributed by atoms with Crippen molar-refractivity contribution < 1.29 is 122 Å². The fourth-order valence-electron chi connectivity index (χ4n) is 7.45. The molecule has 5 aromatic rings. The number of nitrogens with zero attached hydrogens (tertiary/aromatic N) is 2. The fraction of sp³-hybridized carbons (Fsp3) is 0.178. The highest BCUT2D eigenvalue weighted by molar-refractivity contribution is 7.87. The molecule has 5 aromatic carbocycles. The molecular weight excluding hydrogens is 1290 g/mol. The number of fused-ring (bicyclic) bond motifs is 3. The van der Waals surface area contributed by atoms with Gasteiger partial charge in [-0.1, -0.05) is 62.0 Å². The molecule has 84 heavy (non-hydrogen) atoms. The van der Waals surface area contributed by atoms with Gasteiger partial charge in [0.05, 0.1) is 33.6 Å². The molecule has 0 atom stereocenters. The molecule has 0 spiro atoms. The molecule has 0 bridgehead atoms. The lowest BCUT2D eigenvalue weighted by Gasteiger charge is -2.23. The summed E-state index contributed by atoms with van der Waals surface area (Å²) in [6.07, 6.45) is 0.538. The Kier molecular flexibility index (Phi) is 25.9. The Bertz CT molecular complexity index is 4540. The van der Waals surface area contributed by atoms with Crippen LogP contribution in [0.25, 0.3) is 44.2 Å². The average Bonchev–Trinajstić information content (AvgIpc) is 1.49. The van der Waals surface area contributed by atoms with Gasteiger partial charge in [-0.3, -0.25) is 37.3 Å². The van der Waals surface area contributed by atoms with E-state index in [0.29, 0.717) is 22.6 Å². The third kappa shape index (κ3) is 22.1. The van der Waals surface area contributed by atoms with Crippen molar-refractivity contribution in [2.75, 3.05) is 25.2 Å².